The van der Waals surface area contributed by atoms with E-state index in [1.165, 1.54) is 6.08 Å². The minimum absolute atomic E-state index is 0.0629. The van der Waals surface area contributed by atoms with Crippen molar-refractivity contribution < 1.29 is 13.6 Å². The zero-order valence-corrected chi connectivity index (χ0v) is 8.59. The number of hydrogen-bond acceptors (Lipinski definition) is 1. The molecule has 0 spiro atoms. The van der Waals surface area contributed by atoms with Crippen molar-refractivity contribution in [2.75, 3.05) is 6.54 Å². The van der Waals surface area contributed by atoms with E-state index >= 15 is 0 Å². The lowest BCUT2D eigenvalue weighted by Gasteiger charge is -2.06. The molecule has 1 aromatic rings. The molecular weight excluding hydrogens is 214 g/mol. The Morgan fingerprint density at radius 2 is 2.12 bits per heavy atom. The number of benzene rings is 1. The number of urea groups is 1. The Labute approximate surface area is 92.2 Å². The Morgan fingerprint density at radius 3 is 2.81 bits per heavy atom. The second kappa shape index (κ2) is 5.85. The molecule has 1 aromatic carbocycles. The van der Waals surface area contributed by atoms with E-state index in [1.54, 1.807) is 0 Å². The molecular formula is C11H12F2N2O. The van der Waals surface area contributed by atoms with Gasteiger partial charge in [0, 0.05) is 18.7 Å². The monoisotopic (exact) mass is 226 g/mol. The molecule has 0 aliphatic heterocycles. The summed E-state index contributed by atoms with van der Waals surface area (Å²) in [6.07, 6.45) is 1.52. The van der Waals surface area contributed by atoms with E-state index in [2.05, 4.69) is 17.2 Å². The summed E-state index contributed by atoms with van der Waals surface area (Å²) in [5.41, 5.74) is 0.105. The molecule has 86 valence electrons. The van der Waals surface area contributed by atoms with Crippen LogP contribution in [0.15, 0.2) is 30.9 Å². The molecule has 2 N–H and O–H groups in total. The van der Waals surface area contributed by atoms with Crippen LogP contribution in [0, 0.1) is 11.6 Å². The third kappa shape index (κ3) is 3.68. The number of carbonyl (C=O) groups is 1. The average molecular weight is 226 g/mol. The smallest absolute Gasteiger partial charge is 0.315 e. The van der Waals surface area contributed by atoms with E-state index in [1.807, 2.05) is 0 Å². The van der Waals surface area contributed by atoms with Gasteiger partial charge in [0.1, 0.15) is 11.6 Å². The molecule has 0 aliphatic rings. The van der Waals surface area contributed by atoms with Crippen molar-refractivity contribution in [3.05, 3.63) is 48.1 Å². The number of halogens is 2. The van der Waals surface area contributed by atoms with Gasteiger partial charge in [-0.2, -0.15) is 0 Å². The van der Waals surface area contributed by atoms with Crippen LogP contribution in [0.2, 0.25) is 0 Å². The van der Waals surface area contributed by atoms with Gasteiger partial charge in [0.2, 0.25) is 0 Å². The predicted octanol–water partition coefficient (Wildman–Crippen LogP) is 1.95. The normalized spacial score (nSPS) is 9.62. The average Bonchev–Trinajstić information content (AvgIpc) is 2.27. The third-order valence-electron chi connectivity index (χ3n) is 1.85. The van der Waals surface area contributed by atoms with Gasteiger partial charge in [-0.1, -0.05) is 6.08 Å². The molecule has 0 aliphatic carbocycles. The van der Waals surface area contributed by atoms with Crippen LogP contribution in [0.3, 0.4) is 0 Å². The first-order valence-electron chi connectivity index (χ1n) is 4.70. The minimum Gasteiger partial charge on any atom is -0.335 e. The van der Waals surface area contributed by atoms with Crippen LogP contribution in [0.4, 0.5) is 13.6 Å². The summed E-state index contributed by atoms with van der Waals surface area (Å²) in [6.45, 7) is 3.68. The van der Waals surface area contributed by atoms with Gasteiger partial charge in [0.15, 0.2) is 0 Å². The van der Waals surface area contributed by atoms with Gasteiger partial charge in [0.05, 0.1) is 0 Å². The van der Waals surface area contributed by atoms with Crippen LogP contribution >= 0.6 is 0 Å². The van der Waals surface area contributed by atoms with Crippen molar-refractivity contribution in [1.29, 1.82) is 0 Å². The van der Waals surface area contributed by atoms with Crippen LogP contribution in [0.1, 0.15) is 5.56 Å². The van der Waals surface area contributed by atoms with Gasteiger partial charge in [-0.25, -0.2) is 13.6 Å². The van der Waals surface area contributed by atoms with Gasteiger partial charge < -0.3 is 10.6 Å². The van der Waals surface area contributed by atoms with Crippen LogP contribution in [-0.4, -0.2) is 12.6 Å². The quantitative estimate of drug-likeness (QED) is 0.757. The van der Waals surface area contributed by atoms with E-state index in [9.17, 15) is 13.6 Å². The van der Waals surface area contributed by atoms with Crippen molar-refractivity contribution in [3.63, 3.8) is 0 Å². The molecule has 0 radical (unpaired) electrons. The van der Waals surface area contributed by atoms with Crippen LogP contribution in [-0.2, 0) is 6.54 Å². The largest absolute Gasteiger partial charge is 0.335 e. The molecule has 0 saturated carbocycles. The molecule has 0 unspecified atom stereocenters. The highest BCUT2D eigenvalue weighted by atomic mass is 19.1. The molecule has 0 atom stereocenters. The Bertz CT molecular complexity index is 394. The summed E-state index contributed by atoms with van der Waals surface area (Å²) >= 11 is 0. The summed E-state index contributed by atoms with van der Waals surface area (Å²) in [6, 6.07) is 2.64. The van der Waals surface area contributed by atoms with Gasteiger partial charge in [-0.3, -0.25) is 0 Å². The van der Waals surface area contributed by atoms with Gasteiger partial charge >= 0.3 is 6.03 Å². The summed E-state index contributed by atoms with van der Waals surface area (Å²) in [4.78, 5) is 11.1. The van der Waals surface area contributed by atoms with Crippen molar-refractivity contribution in [3.8, 4) is 0 Å². The van der Waals surface area contributed by atoms with Crippen molar-refractivity contribution in [1.82, 2.24) is 10.6 Å². The van der Waals surface area contributed by atoms with Crippen molar-refractivity contribution >= 4 is 6.03 Å². The first kappa shape index (κ1) is 12.2. The molecule has 0 bridgehead atoms. The number of amides is 2. The lowest BCUT2D eigenvalue weighted by atomic mass is 10.2. The molecule has 0 heterocycles. The molecule has 0 aromatic heterocycles. The maximum atomic E-state index is 13.1. The molecule has 5 heteroatoms. The van der Waals surface area contributed by atoms with Crippen molar-refractivity contribution in [2.24, 2.45) is 0 Å². The number of nitrogens with one attached hydrogen (secondary N) is 2. The maximum absolute atomic E-state index is 13.1. The summed E-state index contributed by atoms with van der Waals surface area (Å²) in [5.74, 6) is -1.09. The molecule has 1 rings (SSSR count). The fourth-order valence-corrected chi connectivity index (χ4v) is 1.08. The van der Waals surface area contributed by atoms with E-state index < -0.39 is 17.7 Å². The lowest BCUT2D eigenvalue weighted by molar-refractivity contribution is 0.241. The van der Waals surface area contributed by atoms with Crippen LogP contribution < -0.4 is 10.6 Å². The SMILES string of the molecule is C=CCNC(=O)NCc1cc(F)ccc1F. The fourth-order valence-electron chi connectivity index (χ4n) is 1.08. The first-order valence-corrected chi connectivity index (χ1v) is 4.70. The highest BCUT2D eigenvalue weighted by molar-refractivity contribution is 5.73. The number of hydrogen-bond donors (Lipinski definition) is 2. The van der Waals surface area contributed by atoms with Gasteiger partial charge in [-0.05, 0) is 18.2 Å². The van der Waals surface area contributed by atoms with E-state index in [0.29, 0.717) is 6.54 Å². The zero-order chi connectivity index (χ0) is 12.0. The van der Waals surface area contributed by atoms with E-state index in [-0.39, 0.29) is 12.1 Å². The number of rotatable bonds is 4. The molecule has 0 saturated heterocycles. The fraction of sp³-hybridized carbons (Fsp3) is 0.182. The Balaban J connectivity index is 2.50. The minimum atomic E-state index is -0.551. The Morgan fingerprint density at radius 1 is 1.38 bits per heavy atom. The lowest BCUT2D eigenvalue weighted by Crippen LogP contribution is -2.35. The van der Waals surface area contributed by atoms with Gasteiger partial charge in [0.25, 0.3) is 0 Å². The second-order valence-corrected chi connectivity index (χ2v) is 3.09. The summed E-state index contributed by atoms with van der Waals surface area (Å²) in [7, 11) is 0. The van der Waals surface area contributed by atoms with Crippen LogP contribution in [0.5, 0.6) is 0 Å². The highest BCUT2D eigenvalue weighted by Crippen LogP contribution is 2.08. The molecule has 3 nitrogen and oxygen atoms in total. The molecule has 0 fully saturated rings. The summed E-state index contributed by atoms with van der Waals surface area (Å²) < 4.78 is 25.9. The molecule has 16 heavy (non-hydrogen) atoms. The van der Waals surface area contributed by atoms with Gasteiger partial charge in [-0.15, -0.1) is 6.58 Å². The first-order chi connectivity index (χ1) is 7.63. The number of carbonyl (C=O) groups excluding carboxylic acids is 1. The summed E-state index contributed by atoms with van der Waals surface area (Å²) in [5, 5.41) is 4.85. The van der Waals surface area contributed by atoms with Crippen molar-refractivity contribution in [2.45, 2.75) is 6.54 Å². The Kier molecular flexibility index (Phi) is 4.44. The Hall–Kier alpha value is -1.91. The van der Waals surface area contributed by atoms with Crippen LogP contribution in [0.25, 0.3) is 0 Å². The molecule has 2 amide bonds. The third-order valence-corrected chi connectivity index (χ3v) is 1.85. The van der Waals surface area contributed by atoms with E-state index in [0.717, 1.165) is 18.2 Å². The topological polar surface area (TPSA) is 41.1 Å². The highest BCUT2D eigenvalue weighted by Gasteiger charge is 2.05. The predicted molar refractivity (Wildman–Crippen MR) is 56.8 cm³/mol. The van der Waals surface area contributed by atoms with E-state index in [4.69, 9.17) is 0 Å². The second-order valence-electron chi connectivity index (χ2n) is 3.09. The zero-order valence-electron chi connectivity index (χ0n) is 8.59. The standard InChI is InChI=1S/C11H12F2N2O/c1-2-5-14-11(16)15-7-8-6-9(12)3-4-10(8)13/h2-4,6H,1,5,7H2,(H2,14,15,16). The maximum Gasteiger partial charge on any atom is 0.315 e.